The summed E-state index contributed by atoms with van der Waals surface area (Å²) < 4.78 is 15.3. The van der Waals surface area contributed by atoms with Crippen LogP contribution in [0.25, 0.3) is 0 Å². The van der Waals surface area contributed by atoms with Gasteiger partial charge in [-0.2, -0.15) is 0 Å². The van der Waals surface area contributed by atoms with Crippen molar-refractivity contribution in [1.82, 2.24) is 0 Å². The number of thiophene rings is 1. The van der Waals surface area contributed by atoms with Gasteiger partial charge in [0.25, 0.3) is 5.91 Å². The molecule has 2 amide bonds. The van der Waals surface area contributed by atoms with E-state index in [0.717, 1.165) is 11.3 Å². The molecule has 0 atom stereocenters. The van der Waals surface area contributed by atoms with Gasteiger partial charge in [-0.15, -0.1) is 11.3 Å². The first kappa shape index (κ1) is 22.2. The molecule has 0 aliphatic carbocycles. The van der Waals surface area contributed by atoms with Crippen LogP contribution < -0.4 is 20.1 Å². The van der Waals surface area contributed by atoms with Crippen LogP contribution in [0.1, 0.15) is 45.4 Å². The predicted octanol–water partition coefficient (Wildman–Crippen LogP) is 3.85. The van der Waals surface area contributed by atoms with Gasteiger partial charge in [-0.05, 0) is 31.0 Å². The lowest BCUT2D eigenvalue weighted by molar-refractivity contribution is -0.116. The molecule has 2 rings (SSSR count). The van der Waals surface area contributed by atoms with Crippen LogP contribution in [0, 0.1) is 6.92 Å². The topological polar surface area (TPSA) is 103 Å². The number of carbonyl (C=O) groups excluding carboxylic acids is 3. The van der Waals surface area contributed by atoms with E-state index in [9.17, 15) is 14.4 Å². The van der Waals surface area contributed by atoms with Gasteiger partial charge in [-0.25, -0.2) is 4.79 Å². The molecule has 0 aliphatic rings. The third-order valence-electron chi connectivity index (χ3n) is 4.13. The summed E-state index contributed by atoms with van der Waals surface area (Å²) in [5.74, 6) is -0.297. The van der Waals surface area contributed by atoms with Gasteiger partial charge in [0.15, 0.2) is 0 Å². The number of methoxy groups -OCH3 is 3. The van der Waals surface area contributed by atoms with Crippen molar-refractivity contribution < 1.29 is 28.6 Å². The minimum absolute atomic E-state index is 0.171. The molecule has 0 saturated heterocycles. The Morgan fingerprint density at radius 2 is 1.79 bits per heavy atom. The molecule has 0 saturated carbocycles. The van der Waals surface area contributed by atoms with Crippen LogP contribution in [-0.4, -0.2) is 39.1 Å². The highest BCUT2D eigenvalue weighted by Crippen LogP contribution is 2.35. The molecule has 156 valence electrons. The van der Waals surface area contributed by atoms with Gasteiger partial charge in [-0.1, -0.05) is 6.92 Å². The molecular formula is C20H24N2O6S. The second kappa shape index (κ2) is 9.92. The van der Waals surface area contributed by atoms with Gasteiger partial charge in [0.1, 0.15) is 16.5 Å². The summed E-state index contributed by atoms with van der Waals surface area (Å²) >= 11 is 1.02. The number of hydrogen-bond donors (Lipinski definition) is 2. The van der Waals surface area contributed by atoms with Crippen LogP contribution in [0.2, 0.25) is 0 Å². The van der Waals surface area contributed by atoms with Gasteiger partial charge >= 0.3 is 5.97 Å². The molecule has 2 aromatic rings. The van der Waals surface area contributed by atoms with Crippen LogP contribution in [0.5, 0.6) is 11.5 Å². The van der Waals surface area contributed by atoms with E-state index in [0.29, 0.717) is 35.6 Å². The van der Waals surface area contributed by atoms with Gasteiger partial charge in [0.2, 0.25) is 5.91 Å². The fourth-order valence-corrected chi connectivity index (χ4v) is 3.78. The molecule has 1 heterocycles. The summed E-state index contributed by atoms with van der Waals surface area (Å²) in [5, 5.41) is 5.76. The van der Waals surface area contributed by atoms with E-state index in [-0.39, 0.29) is 21.3 Å². The number of nitrogens with one attached hydrogen (secondary N) is 2. The summed E-state index contributed by atoms with van der Waals surface area (Å²) in [6, 6.07) is 5.01. The zero-order valence-corrected chi connectivity index (χ0v) is 17.8. The number of benzene rings is 1. The van der Waals surface area contributed by atoms with Crippen molar-refractivity contribution in [3.8, 4) is 11.5 Å². The number of ether oxygens (including phenoxy) is 3. The molecule has 0 unspecified atom stereocenters. The van der Waals surface area contributed by atoms with E-state index in [2.05, 4.69) is 10.6 Å². The van der Waals surface area contributed by atoms with Crippen molar-refractivity contribution in [3.05, 3.63) is 34.2 Å². The number of amides is 2. The van der Waals surface area contributed by atoms with Crippen LogP contribution in [0.4, 0.5) is 10.7 Å². The Kier molecular flexibility index (Phi) is 7.60. The predicted molar refractivity (Wildman–Crippen MR) is 111 cm³/mol. The third kappa shape index (κ3) is 5.05. The quantitative estimate of drug-likeness (QED) is 0.629. The standard InChI is InChI=1S/C20H24N2O6S/c1-6-7-15(23)22-19-16(20(25)28-5)11(2)17(29-19)18(24)21-13-10-12(26-3)8-9-14(13)27-4/h8-10H,6-7H2,1-5H3,(H,21,24)(H,22,23). The number of rotatable bonds is 8. The average molecular weight is 420 g/mol. The van der Waals surface area contributed by atoms with Gasteiger partial charge in [-0.3, -0.25) is 9.59 Å². The largest absolute Gasteiger partial charge is 0.497 e. The molecule has 0 fully saturated rings. The number of esters is 1. The van der Waals surface area contributed by atoms with Crippen LogP contribution in [0.3, 0.4) is 0 Å². The summed E-state index contributed by atoms with van der Waals surface area (Å²) in [6.07, 6.45) is 0.965. The highest BCUT2D eigenvalue weighted by Gasteiger charge is 2.26. The lowest BCUT2D eigenvalue weighted by atomic mass is 10.1. The Morgan fingerprint density at radius 3 is 2.38 bits per heavy atom. The maximum Gasteiger partial charge on any atom is 0.341 e. The molecule has 9 heteroatoms. The first-order chi connectivity index (χ1) is 13.9. The smallest absolute Gasteiger partial charge is 0.341 e. The van der Waals surface area contributed by atoms with Crippen LogP contribution in [-0.2, 0) is 9.53 Å². The number of anilines is 2. The summed E-state index contributed by atoms with van der Waals surface area (Å²) in [6.45, 7) is 3.51. The van der Waals surface area contributed by atoms with E-state index in [1.807, 2.05) is 6.92 Å². The first-order valence-electron chi connectivity index (χ1n) is 8.91. The van der Waals surface area contributed by atoms with Crippen molar-refractivity contribution in [1.29, 1.82) is 0 Å². The minimum Gasteiger partial charge on any atom is -0.497 e. The molecule has 29 heavy (non-hydrogen) atoms. The van der Waals surface area contributed by atoms with Gasteiger partial charge in [0, 0.05) is 12.5 Å². The van der Waals surface area contributed by atoms with Crippen molar-refractivity contribution in [2.45, 2.75) is 26.7 Å². The molecular weight excluding hydrogens is 396 g/mol. The molecule has 1 aromatic heterocycles. The Hall–Kier alpha value is -3.07. The lowest BCUT2D eigenvalue weighted by Crippen LogP contribution is -2.14. The minimum atomic E-state index is -0.622. The van der Waals surface area contributed by atoms with Gasteiger partial charge in [0.05, 0.1) is 37.5 Å². The third-order valence-corrected chi connectivity index (χ3v) is 5.33. The summed E-state index contributed by atoms with van der Waals surface area (Å²) in [7, 11) is 4.26. The first-order valence-corrected chi connectivity index (χ1v) is 9.72. The molecule has 1 aromatic carbocycles. The monoisotopic (exact) mass is 420 g/mol. The Balaban J connectivity index is 2.41. The SMILES string of the molecule is CCCC(=O)Nc1sc(C(=O)Nc2cc(OC)ccc2OC)c(C)c1C(=O)OC. The molecule has 0 aliphatic heterocycles. The zero-order valence-electron chi connectivity index (χ0n) is 17.0. The van der Waals surface area contributed by atoms with E-state index in [4.69, 9.17) is 14.2 Å². The van der Waals surface area contributed by atoms with E-state index < -0.39 is 11.9 Å². The molecule has 8 nitrogen and oxygen atoms in total. The average Bonchev–Trinajstić information content (AvgIpc) is 3.03. The normalized spacial score (nSPS) is 10.2. The Labute approximate surface area is 173 Å². The van der Waals surface area contributed by atoms with Crippen LogP contribution >= 0.6 is 11.3 Å². The zero-order chi connectivity index (χ0) is 21.6. The molecule has 0 spiro atoms. The Morgan fingerprint density at radius 1 is 1.07 bits per heavy atom. The van der Waals surface area contributed by atoms with Crippen LogP contribution in [0.15, 0.2) is 18.2 Å². The molecule has 0 bridgehead atoms. The van der Waals surface area contributed by atoms with Crippen molar-refractivity contribution in [3.63, 3.8) is 0 Å². The Bertz CT molecular complexity index is 922. The number of carbonyl (C=O) groups is 3. The fourth-order valence-electron chi connectivity index (χ4n) is 2.67. The number of hydrogen-bond acceptors (Lipinski definition) is 7. The second-order valence-electron chi connectivity index (χ2n) is 6.07. The maximum atomic E-state index is 12.9. The van der Waals surface area contributed by atoms with Crippen molar-refractivity contribution in [2.75, 3.05) is 32.0 Å². The maximum absolute atomic E-state index is 12.9. The highest BCUT2D eigenvalue weighted by atomic mass is 32.1. The lowest BCUT2D eigenvalue weighted by Gasteiger charge is -2.11. The van der Waals surface area contributed by atoms with E-state index in [1.54, 1.807) is 25.1 Å². The van der Waals surface area contributed by atoms with E-state index >= 15 is 0 Å². The summed E-state index contributed by atoms with van der Waals surface area (Å²) in [5.41, 5.74) is 1.01. The van der Waals surface area contributed by atoms with Gasteiger partial charge < -0.3 is 24.8 Å². The van der Waals surface area contributed by atoms with Crippen molar-refractivity contribution in [2.24, 2.45) is 0 Å². The second-order valence-corrected chi connectivity index (χ2v) is 7.09. The molecule has 0 radical (unpaired) electrons. The van der Waals surface area contributed by atoms with Crippen molar-refractivity contribution >= 4 is 39.8 Å². The van der Waals surface area contributed by atoms with E-state index in [1.165, 1.54) is 21.3 Å². The fraction of sp³-hybridized carbons (Fsp3) is 0.350. The highest BCUT2D eigenvalue weighted by molar-refractivity contribution is 7.18. The molecule has 2 N–H and O–H groups in total. The summed E-state index contributed by atoms with van der Waals surface area (Å²) in [4.78, 5) is 37.5.